The molecule has 0 saturated carbocycles. The molecule has 0 fully saturated rings. The molecule has 0 atom stereocenters. The van der Waals surface area contributed by atoms with Crippen molar-refractivity contribution in [2.75, 3.05) is 13.2 Å². The SMILES string of the molecule is Cc1cncc(C=CCCNC(=O)OCC2c3ccccc3-c3ccccc32)c1. The fraction of sp³-hybridized carbons (Fsp3) is 0.200. The highest BCUT2D eigenvalue weighted by Crippen LogP contribution is 2.44. The molecular formula is C25H24N2O2. The third-order valence-corrected chi connectivity index (χ3v) is 5.13. The lowest BCUT2D eigenvalue weighted by Crippen LogP contribution is -2.26. The van der Waals surface area contributed by atoms with E-state index in [1.165, 1.54) is 22.3 Å². The maximum atomic E-state index is 12.1. The van der Waals surface area contributed by atoms with Gasteiger partial charge in [0.15, 0.2) is 0 Å². The number of rotatable bonds is 6. The Balaban J connectivity index is 1.28. The molecule has 1 heterocycles. The van der Waals surface area contributed by atoms with Crippen LogP contribution in [0.3, 0.4) is 0 Å². The fourth-order valence-corrected chi connectivity index (χ4v) is 3.80. The number of carbonyl (C=O) groups excluding carboxylic acids is 1. The van der Waals surface area contributed by atoms with E-state index < -0.39 is 0 Å². The summed E-state index contributed by atoms with van der Waals surface area (Å²) < 4.78 is 5.54. The monoisotopic (exact) mass is 384 g/mol. The van der Waals surface area contributed by atoms with Gasteiger partial charge in [0.25, 0.3) is 0 Å². The number of hydrogen-bond donors (Lipinski definition) is 1. The predicted octanol–water partition coefficient (Wildman–Crippen LogP) is 5.33. The van der Waals surface area contributed by atoms with Gasteiger partial charge in [-0.25, -0.2) is 4.79 Å². The Bertz CT molecular complexity index is 997. The zero-order chi connectivity index (χ0) is 20.1. The summed E-state index contributed by atoms with van der Waals surface area (Å²) in [6.45, 7) is 2.89. The van der Waals surface area contributed by atoms with Gasteiger partial charge in [-0.05, 0) is 52.8 Å². The zero-order valence-corrected chi connectivity index (χ0v) is 16.5. The van der Waals surface area contributed by atoms with Crippen molar-refractivity contribution in [3.05, 3.63) is 95.3 Å². The van der Waals surface area contributed by atoms with Crippen LogP contribution in [0.25, 0.3) is 17.2 Å². The number of carbonyl (C=O) groups is 1. The van der Waals surface area contributed by atoms with Crippen molar-refractivity contribution in [2.45, 2.75) is 19.3 Å². The van der Waals surface area contributed by atoms with Crippen LogP contribution in [-0.2, 0) is 4.74 Å². The number of nitrogens with zero attached hydrogens (tertiary/aromatic N) is 1. The molecule has 1 N–H and O–H groups in total. The number of pyridine rings is 1. The number of nitrogens with one attached hydrogen (secondary N) is 1. The van der Waals surface area contributed by atoms with Gasteiger partial charge >= 0.3 is 6.09 Å². The summed E-state index contributed by atoms with van der Waals surface area (Å²) in [4.78, 5) is 16.3. The molecule has 2 aromatic carbocycles. The first-order valence-corrected chi connectivity index (χ1v) is 9.89. The van der Waals surface area contributed by atoms with Gasteiger partial charge in [-0.3, -0.25) is 4.98 Å². The molecule has 0 saturated heterocycles. The molecule has 29 heavy (non-hydrogen) atoms. The van der Waals surface area contributed by atoms with Crippen molar-refractivity contribution < 1.29 is 9.53 Å². The van der Waals surface area contributed by atoms with Crippen molar-refractivity contribution in [2.24, 2.45) is 0 Å². The lowest BCUT2D eigenvalue weighted by molar-refractivity contribution is 0.143. The number of benzene rings is 2. The van der Waals surface area contributed by atoms with Gasteiger partial charge < -0.3 is 10.1 Å². The number of aromatic nitrogens is 1. The highest BCUT2D eigenvalue weighted by Gasteiger charge is 2.28. The Kier molecular flexibility index (Phi) is 5.71. The first kappa shape index (κ1) is 18.9. The number of alkyl carbamates (subject to hydrolysis) is 1. The lowest BCUT2D eigenvalue weighted by Gasteiger charge is -2.14. The van der Waals surface area contributed by atoms with Gasteiger partial charge in [-0.15, -0.1) is 0 Å². The van der Waals surface area contributed by atoms with Crippen LogP contribution in [0.4, 0.5) is 4.79 Å². The first-order chi connectivity index (χ1) is 14.2. The van der Waals surface area contributed by atoms with Gasteiger partial charge in [0.05, 0.1) is 0 Å². The average Bonchev–Trinajstić information content (AvgIpc) is 3.06. The minimum atomic E-state index is -0.377. The molecule has 0 aliphatic heterocycles. The van der Waals surface area contributed by atoms with E-state index in [1.807, 2.05) is 55.7 Å². The maximum Gasteiger partial charge on any atom is 0.407 e. The topological polar surface area (TPSA) is 51.2 Å². The van der Waals surface area contributed by atoms with E-state index in [-0.39, 0.29) is 12.0 Å². The van der Waals surface area contributed by atoms with Crippen LogP contribution < -0.4 is 5.32 Å². The Labute approximate surface area is 171 Å². The van der Waals surface area contributed by atoms with Gasteiger partial charge in [0.1, 0.15) is 6.61 Å². The lowest BCUT2D eigenvalue weighted by atomic mass is 9.98. The van der Waals surface area contributed by atoms with Crippen LogP contribution in [0.2, 0.25) is 0 Å². The Hall–Kier alpha value is -3.40. The summed E-state index contributed by atoms with van der Waals surface area (Å²) in [5.74, 6) is 0.0851. The van der Waals surface area contributed by atoms with E-state index in [9.17, 15) is 4.79 Å². The highest BCUT2D eigenvalue weighted by atomic mass is 16.5. The van der Waals surface area contributed by atoms with Crippen LogP contribution in [0, 0.1) is 6.92 Å². The number of fused-ring (bicyclic) bond motifs is 3. The standard InChI is InChI=1S/C25H24N2O2/c1-18-14-19(16-26-15-18)8-6-7-13-27-25(28)29-17-24-22-11-4-2-9-20(22)21-10-3-5-12-23(21)24/h2-6,8-12,14-16,24H,7,13,17H2,1H3,(H,27,28). The average molecular weight is 384 g/mol. The van der Waals surface area contributed by atoms with Crippen LogP contribution in [0.1, 0.15) is 34.6 Å². The van der Waals surface area contributed by atoms with Gasteiger partial charge in [-0.2, -0.15) is 0 Å². The van der Waals surface area contributed by atoms with E-state index in [0.29, 0.717) is 13.2 Å². The maximum absolute atomic E-state index is 12.1. The van der Waals surface area contributed by atoms with E-state index in [4.69, 9.17) is 4.74 Å². The largest absolute Gasteiger partial charge is 0.449 e. The van der Waals surface area contributed by atoms with E-state index in [0.717, 1.165) is 17.5 Å². The summed E-state index contributed by atoms with van der Waals surface area (Å²) in [5.41, 5.74) is 7.09. The minimum absolute atomic E-state index is 0.0851. The predicted molar refractivity (Wildman–Crippen MR) is 116 cm³/mol. The molecule has 1 aliphatic rings. The van der Waals surface area contributed by atoms with Crippen LogP contribution in [0.15, 0.2) is 73.1 Å². The molecule has 0 spiro atoms. The van der Waals surface area contributed by atoms with Crippen LogP contribution in [0.5, 0.6) is 0 Å². The van der Waals surface area contributed by atoms with E-state index in [2.05, 4.69) is 40.6 Å². The second-order valence-electron chi connectivity index (χ2n) is 7.24. The molecule has 4 rings (SSSR count). The number of ether oxygens (including phenoxy) is 1. The molecule has 146 valence electrons. The first-order valence-electron chi connectivity index (χ1n) is 9.89. The Morgan fingerprint density at radius 3 is 2.45 bits per heavy atom. The molecule has 1 aromatic heterocycles. The summed E-state index contributed by atoms with van der Waals surface area (Å²) >= 11 is 0. The van der Waals surface area contributed by atoms with Crippen LogP contribution in [-0.4, -0.2) is 24.2 Å². The molecule has 1 aliphatic carbocycles. The molecule has 4 heteroatoms. The van der Waals surface area contributed by atoms with Crippen molar-refractivity contribution in [1.29, 1.82) is 0 Å². The van der Waals surface area contributed by atoms with Crippen LogP contribution >= 0.6 is 0 Å². The van der Waals surface area contributed by atoms with Crippen molar-refractivity contribution in [3.63, 3.8) is 0 Å². The third kappa shape index (κ3) is 4.37. The van der Waals surface area contributed by atoms with Gasteiger partial charge in [0.2, 0.25) is 0 Å². The number of hydrogen-bond acceptors (Lipinski definition) is 3. The number of amides is 1. The summed E-state index contributed by atoms with van der Waals surface area (Å²) in [7, 11) is 0. The molecule has 1 amide bonds. The quantitative estimate of drug-likeness (QED) is 0.584. The summed E-state index contributed by atoms with van der Waals surface area (Å²) in [6, 6.07) is 18.7. The van der Waals surface area contributed by atoms with Crippen molar-refractivity contribution in [3.8, 4) is 11.1 Å². The molecule has 4 nitrogen and oxygen atoms in total. The summed E-state index contributed by atoms with van der Waals surface area (Å²) in [6.07, 6.45) is 8.05. The molecule has 0 radical (unpaired) electrons. The third-order valence-electron chi connectivity index (χ3n) is 5.13. The second-order valence-corrected chi connectivity index (χ2v) is 7.24. The normalized spacial score (nSPS) is 12.6. The summed E-state index contributed by atoms with van der Waals surface area (Å²) in [5, 5.41) is 2.82. The molecule has 0 unspecified atom stereocenters. The second kappa shape index (κ2) is 8.74. The van der Waals surface area contributed by atoms with Crippen molar-refractivity contribution in [1.82, 2.24) is 10.3 Å². The van der Waals surface area contributed by atoms with Gasteiger partial charge in [-0.1, -0.05) is 60.7 Å². The van der Waals surface area contributed by atoms with E-state index >= 15 is 0 Å². The molecular weight excluding hydrogens is 360 g/mol. The van der Waals surface area contributed by atoms with Gasteiger partial charge in [0, 0.05) is 24.9 Å². The smallest absolute Gasteiger partial charge is 0.407 e. The van der Waals surface area contributed by atoms with E-state index in [1.54, 1.807) is 0 Å². The Morgan fingerprint density at radius 2 is 1.76 bits per heavy atom. The minimum Gasteiger partial charge on any atom is -0.449 e. The fourth-order valence-electron chi connectivity index (χ4n) is 3.80. The van der Waals surface area contributed by atoms with Crippen molar-refractivity contribution >= 4 is 12.2 Å². The molecule has 0 bridgehead atoms. The Morgan fingerprint density at radius 1 is 1.07 bits per heavy atom. The number of aryl methyl sites for hydroxylation is 1. The highest BCUT2D eigenvalue weighted by molar-refractivity contribution is 5.79. The molecule has 3 aromatic rings. The zero-order valence-electron chi connectivity index (χ0n) is 16.5.